The van der Waals surface area contributed by atoms with Crippen molar-refractivity contribution in [3.63, 3.8) is 0 Å². The zero-order chi connectivity index (χ0) is 30.2. The van der Waals surface area contributed by atoms with E-state index in [1.807, 2.05) is 39.0 Å². The molecule has 1 aliphatic heterocycles. The Bertz CT molecular complexity index is 1620. The van der Waals surface area contributed by atoms with E-state index in [1.165, 1.54) is 4.90 Å². The first-order chi connectivity index (χ1) is 19.9. The van der Waals surface area contributed by atoms with Gasteiger partial charge in [0.25, 0.3) is 0 Å². The number of ether oxygens (including phenoxy) is 1. The standard InChI is InChI=1S/C30H30F4N6O2/c1-17(2)16-42-25-6-4-5-18(3)26(25)40-27(19-7-9-21(10-8-19)37-29(35)41)22-15-39(12-11-24(22)38-40)28-23(30(32,33)34)13-20(31)14-36-28/h4-10,13-14,17H,11-12,15-16H2,1-3H3,(H3,35,37,41). The number of carbonyl (C=O) groups is 1. The van der Waals surface area contributed by atoms with E-state index in [0.717, 1.165) is 11.8 Å². The molecule has 3 heterocycles. The molecule has 0 aliphatic carbocycles. The Hall–Kier alpha value is -4.61. The largest absolute Gasteiger partial charge is 0.491 e. The molecule has 0 unspecified atom stereocenters. The molecule has 3 N–H and O–H groups in total. The number of fused-ring (bicyclic) bond motifs is 1. The highest BCUT2D eigenvalue weighted by molar-refractivity contribution is 5.88. The van der Waals surface area contributed by atoms with Gasteiger partial charge in [-0.2, -0.15) is 18.3 Å². The molecule has 0 bridgehead atoms. The lowest BCUT2D eigenvalue weighted by Gasteiger charge is -2.30. The van der Waals surface area contributed by atoms with Crippen LogP contribution in [0.5, 0.6) is 5.75 Å². The number of pyridine rings is 1. The van der Waals surface area contributed by atoms with Crippen LogP contribution in [0.3, 0.4) is 0 Å². The van der Waals surface area contributed by atoms with Crippen LogP contribution in [-0.2, 0) is 19.1 Å². The minimum atomic E-state index is -4.79. The van der Waals surface area contributed by atoms with E-state index in [1.54, 1.807) is 28.9 Å². The Balaban J connectivity index is 1.67. The fourth-order valence-corrected chi connectivity index (χ4v) is 5.04. The van der Waals surface area contributed by atoms with E-state index in [4.69, 9.17) is 15.6 Å². The first kappa shape index (κ1) is 28.9. The number of halogens is 4. The minimum Gasteiger partial charge on any atom is -0.491 e. The van der Waals surface area contributed by atoms with Crippen LogP contribution in [0.2, 0.25) is 0 Å². The van der Waals surface area contributed by atoms with Gasteiger partial charge in [-0.3, -0.25) is 0 Å². The maximum absolute atomic E-state index is 13.9. The lowest BCUT2D eigenvalue weighted by Crippen LogP contribution is -2.33. The molecule has 2 amide bonds. The average Bonchev–Trinajstić information content (AvgIpc) is 3.29. The van der Waals surface area contributed by atoms with Gasteiger partial charge < -0.3 is 20.7 Å². The number of carbonyl (C=O) groups excluding carboxylic acids is 1. The van der Waals surface area contributed by atoms with Gasteiger partial charge in [-0.05, 0) is 42.7 Å². The van der Waals surface area contributed by atoms with Gasteiger partial charge in [0, 0.05) is 36.3 Å². The number of alkyl halides is 3. The summed E-state index contributed by atoms with van der Waals surface area (Å²) < 4.78 is 63.4. The van der Waals surface area contributed by atoms with Crippen molar-refractivity contribution in [3.8, 4) is 22.7 Å². The van der Waals surface area contributed by atoms with Crippen LogP contribution in [0, 0.1) is 18.7 Å². The number of para-hydroxylation sites is 1. The van der Waals surface area contributed by atoms with Crippen LogP contribution in [0.25, 0.3) is 16.9 Å². The summed E-state index contributed by atoms with van der Waals surface area (Å²) >= 11 is 0. The van der Waals surface area contributed by atoms with Gasteiger partial charge in [0.15, 0.2) is 0 Å². The lowest BCUT2D eigenvalue weighted by atomic mass is 9.99. The van der Waals surface area contributed by atoms with Crippen LogP contribution in [0.4, 0.5) is 33.9 Å². The lowest BCUT2D eigenvalue weighted by molar-refractivity contribution is -0.137. The molecule has 42 heavy (non-hydrogen) atoms. The maximum atomic E-state index is 13.9. The normalized spacial score (nSPS) is 13.3. The number of rotatable bonds is 7. The molecule has 4 aromatic rings. The van der Waals surface area contributed by atoms with Crippen molar-refractivity contribution < 1.29 is 27.1 Å². The Morgan fingerprint density at radius 3 is 2.57 bits per heavy atom. The molecule has 0 fully saturated rings. The molecule has 2 aromatic carbocycles. The number of urea groups is 1. The summed E-state index contributed by atoms with van der Waals surface area (Å²) in [6.07, 6.45) is -3.66. The third-order valence-electron chi connectivity index (χ3n) is 6.88. The van der Waals surface area contributed by atoms with Crippen LogP contribution in [0.15, 0.2) is 54.7 Å². The van der Waals surface area contributed by atoms with Crippen molar-refractivity contribution in [3.05, 3.63) is 82.9 Å². The molecule has 0 radical (unpaired) electrons. The first-order valence-corrected chi connectivity index (χ1v) is 13.4. The fourth-order valence-electron chi connectivity index (χ4n) is 5.04. The number of amides is 2. The van der Waals surface area contributed by atoms with Gasteiger partial charge in [-0.15, -0.1) is 0 Å². The molecule has 0 saturated heterocycles. The van der Waals surface area contributed by atoms with E-state index in [-0.39, 0.29) is 24.8 Å². The number of nitrogens with zero attached hydrogens (tertiary/aromatic N) is 4. The van der Waals surface area contributed by atoms with Crippen LogP contribution in [0.1, 0.15) is 36.2 Å². The van der Waals surface area contributed by atoms with E-state index in [0.29, 0.717) is 58.7 Å². The monoisotopic (exact) mass is 582 g/mol. The molecule has 8 nitrogen and oxygen atoms in total. The minimum absolute atomic E-state index is 0.0573. The van der Waals surface area contributed by atoms with Crippen molar-refractivity contribution in [1.82, 2.24) is 14.8 Å². The van der Waals surface area contributed by atoms with Crippen LogP contribution < -0.4 is 20.7 Å². The second-order valence-corrected chi connectivity index (χ2v) is 10.6. The molecular formula is C30H30F4N6O2. The van der Waals surface area contributed by atoms with E-state index in [9.17, 15) is 22.4 Å². The first-order valence-electron chi connectivity index (χ1n) is 13.4. The topological polar surface area (TPSA) is 98.3 Å². The van der Waals surface area contributed by atoms with Gasteiger partial charge in [-0.1, -0.05) is 38.1 Å². The quantitative estimate of drug-likeness (QED) is 0.243. The van der Waals surface area contributed by atoms with Crippen molar-refractivity contribution >= 4 is 17.5 Å². The zero-order valence-electron chi connectivity index (χ0n) is 23.3. The Labute approximate surface area is 240 Å². The highest BCUT2D eigenvalue weighted by Gasteiger charge is 2.38. The van der Waals surface area contributed by atoms with Crippen molar-refractivity contribution in [2.45, 2.75) is 39.9 Å². The summed E-state index contributed by atoms with van der Waals surface area (Å²) in [6.45, 7) is 6.76. The Kier molecular flexibility index (Phi) is 7.81. The number of aromatic nitrogens is 3. The van der Waals surface area contributed by atoms with E-state index >= 15 is 0 Å². The Morgan fingerprint density at radius 1 is 1.17 bits per heavy atom. The van der Waals surface area contributed by atoms with Gasteiger partial charge in [0.1, 0.15) is 28.6 Å². The number of aryl methyl sites for hydroxylation is 1. The van der Waals surface area contributed by atoms with Crippen LogP contribution in [-0.4, -0.2) is 33.9 Å². The second-order valence-electron chi connectivity index (χ2n) is 10.6. The maximum Gasteiger partial charge on any atom is 0.420 e. The van der Waals surface area contributed by atoms with Crippen molar-refractivity contribution in [1.29, 1.82) is 0 Å². The molecule has 0 spiro atoms. The third-order valence-corrected chi connectivity index (χ3v) is 6.88. The molecule has 5 rings (SSSR count). The highest BCUT2D eigenvalue weighted by atomic mass is 19.4. The number of primary amides is 1. The average molecular weight is 583 g/mol. The predicted octanol–water partition coefficient (Wildman–Crippen LogP) is 6.49. The predicted molar refractivity (Wildman–Crippen MR) is 151 cm³/mol. The second kappa shape index (κ2) is 11.3. The molecule has 220 valence electrons. The summed E-state index contributed by atoms with van der Waals surface area (Å²) in [7, 11) is 0. The van der Waals surface area contributed by atoms with Crippen molar-refractivity contribution in [2.75, 3.05) is 23.4 Å². The molecule has 0 atom stereocenters. The number of benzene rings is 2. The van der Waals surface area contributed by atoms with Gasteiger partial charge >= 0.3 is 12.2 Å². The number of hydrogen-bond donors (Lipinski definition) is 2. The SMILES string of the molecule is Cc1cccc(OCC(C)C)c1-n1nc2c(c1-c1ccc(NC(N)=O)cc1)CN(c1ncc(F)cc1C(F)(F)F)CC2. The van der Waals surface area contributed by atoms with Gasteiger partial charge in [-0.25, -0.2) is 18.9 Å². The number of nitrogens with two attached hydrogens (primary N) is 1. The number of nitrogens with one attached hydrogen (secondary N) is 1. The summed E-state index contributed by atoms with van der Waals surface area (Å²) in [5.41, 5.74) is 8.99. The fraction of sp³-hybridized carbons (Fsp3) is 0.300. The number of hydrogen-bond acceptors (Lipinski definition) is 5. The van der Waals surface area contributed by atoms with Crippen LogP contribution >= 0.6 is 0 Å². The van der Waals surface area contributed by atoms with Gasteiger partial charge in [0.05, 0.1) is 24.2 Å². The van der Waals surface area contributed by atoms with E-state index < -0.39 is 23.6 Å². The molecule has 0 saturated carbocycles. The van der Waals surface area contributed by atoms with Crippen molar-refractivity contribution in [2.24, 2.45) is 11.7 Å². The number of anilines is 2. The molecular weight excluding hydrogens is 552 g/mol. The van der Waals surface area contributed by atoms with E-state index in [2.05, 4.69) is 10.3 Å². The molecule has 2 aromatic heterocycles. The molecule has 12 heteroatoms. The summed E-state index contributed by atoms with van der Waals surface area (Å²) in [5.74, 6) is -0.511. The highest BCUT2D eigenvalue weighted by Crippen LogP contribution is 2.41. The van der Waals surface area contributed by atoms with Gasteiger partial charge in [0.2, 0.25) is 0 Å². The summed E-state index contributed by atoms with van der Waals surface area (Å²) in [6, 6.07) is 12.4. The summed E-state index contributed by atoms with van der Waals surface area (Å²) in [5, 5.41) is 7.48. The Morgan fingerprint density at radius 2 is 1.90 bits per heavy atom. The smallest absolute Gasteiger partial charge is 0.420 e. The molecule has 1 aliphatic rings. The summed E-state index contributed by atoms with van der Waals surface area (Å²) in [4.78, 5) is 16.7. The zero-order valence-corrected chi connectivity index (χ0v) is 23.3. The third kappa shape index (κ3) is 5.88.